The lowest BCUT2D eigenvalue weighted by molar-refractivity contribution is 0.0124. The van der Waals surface area contributed by atoms with Crippen LogP contribution in [0.2, 0.25) is 5.28 Å². The van der Waals surface area contributed by atoms with Crippen LogP contribution in [0.3, 0.4) is 0 Å². The van der Waals surface area contributed by atoms with Gasteiger partial charge in [-0.2, -0.15) is 0 Å². The van der Waals surface area contributed by atoms with Crippen LogP contribution in [0.4, 0.5) is 4.79 Å². The molecule has 7 nitrogen and oxygen atoms in total. The van der Waals surface area contributed by atoms with Crippen molar-refractivity contribution in [2.24, 2.45) is 0 Å². The van der Waals surface area contributed by atoms with Crippen molar-refractivity contribution < 1.29 is 17.9 Å². The Morgan fingerprint density at radius 3 is 2.75 bits per heavy atom. The Bertz CT molecular complexity index is 703. The first-order valence-corrected chi connectivity index (χ1v) is 9.82. The first-order chi connectivity index (χ1) is 11.1. The fourth-order valence-corrected chi connectivity index (χ4v) is 4.28. The topological polar surface area (TPSA) is 89.5 Å². The molecule has 134 valence electrons. The summed E-state index contributed by atoms with van der Waals surface area (Å²) in [5.74, 6) is -0.209. The molecule has 0 radical (unpaired) electrons. The highest BCUT2D eigenvalue weighted by Crippen LogP contribution is 2.23. The lowest BCUT2D eigenvalue weighted by Crippen LogP contribution is -2.49. The summed E-state index contributed by atoms with van der Waals surface area (Å²) in [5.41, 5.74) is -0.627. The Kier molecular flexibility index (Phi) is 5.70. The molecule has 24 heavy (non-hydrogen) atoms. The quantitative estimate of drug-likeness (QED) is 0.596. The van der Waals surface area contributed by atoms with E-state index in [1.54, 1.807) is 20.8 Å². The first kappa shape index (κ1) is 18.9. The van der Waals surface area contributed by atoms with Crippen LogP contribution >= 0.6 is 11.6 Å². The summed E-state index contributed by atoms with van der Waals surface area (Å²) in [7, 11) is -3.68. The molecule has 1 aliphatic rings. The van der Waals surface area contributed by atoms with Crippen LogP contribution in [0.15, 0.2) is 17.3 Å². The summed E-state index contributed by atoms with van der Waals surface area (Å²) < 4.78 is 30.5. The zero-order valence-electron chi connectivity index (χ0n) is 14.0. The summed E-state index contributed by atoms with van der Waals surface area (Å²) in [6, 6.07) is 0.870. The number of rotatable bonds is 3. The monoisotopic (exact) mass is 375 g/mol. The van der Waals surface area contributed by atoms with Crippen LogP contribution in [0.1, 0.15) is 40.0 Å². The van der Waals surface area contributed by atoms with Crippen molar-refractivity contribution in [3.63, 3.8) is 0 Å². The van der Waals surface area contributed by atoms with E-state index in [1.165, 1.54) is 17.2 Å². The van der Waals surface area contributed by atoms with E-state index in [9.17, 15) is 13.2 Å². The number of aromatic nitrogens is 2. The Labute approximate surface area is 147 Å². The van der Waals surface area contributed by atoms with Gasteiger partial charge in [-0.3, -0.25) is 0 Å². The summed E-state index contributed by atoms with van der Waals surface area (Å²) in [6.45, 7) is 5.83. The molecular formula is C15H22ClN3O4S. The van der Waals surface area contributed by atoms with Crippen molar-refractivity contribution in [2.45, 2.75) is 56.7 Å². The van der Waals surface area contributed by atoms with E-state index >= 15 is 0 Å². The van der Waals surface area contributed by atoms with Crippen LogP contribution < -0.4 is 0 Å². The molecule has 2 heterocycles. The van der Waals surface area contributed by atoms with Crippen molar-refractivity contribution in [2.75, 3.05) is 12.3 Å². The van der Waals surface area contributed by atoms with Crippen LogP contribution in [-0.2, 0) is 14.6 Å². The van der Waals surface area contributed by atoms with E-state index in [1.807, 2.05) is 0 Å². The van der Waals surface area contributed by atoms with Gasteiger partial charge in [0.2, 0.25) is 5.28 Å². The number of carbonyl (C=O) groups is 1. The zero-order valence-corrected chi connectivity index (χ0v) is 15.6. The highest BCUT2D eigenvalue weighted by Gasteiger charge is 2.34. The molecule has 0 bridgehead atoms. The molecule has 1 aliphatic heterocycles. The van der Waals surface area contributed by atoms with Crippen molar-refractivity contribution in [3.05, 3.63) is 17.5 Å². The third-order valence-corrected chi connectivity index (χ3v) is 5.46. The van der Waals surface area contributed by atoms with Crippen molar-refractivity contribution in [1.29, 1.82) is 0 Å². The molecule has 0 N–H and O–H groups in total. The minimum absolute atomic E-state index is 0.122. The van der Waals surface area contributed by atoms with Crippen molar-refractivity contribution >= 4 is 27.5 Å². The molecule has 1 aromatic heterocycles. The molecule has 1 saturated heterocycles. The standard InChI is InChI=1S/C15H22ClN3O4S/c1-15(2,3)23-14(20)19-9-5-4-6-11(19)10-24(21,22)12-7-8-17-13(16)18-12/h7-8,11H,4-6,9-10H2,1-3H3. The summed E-state index contributed by atoms with van der Waals surface area (Å²) in [5, 5.41) is -0.249. The second-order valence-corrected chi connectivity index (χ2v) is 9.09. The lowest BCUT2D eigenvalue weighted by Gasteiger charge is -2.36. The second-order valence-electron chi connectivity index (χ2n) is 6.77. The Morgan fingerprint density at radius 2 is 2.12 bits per heavy atom. The van der Waals surface area contributed by atoms with E-state index in [4.69, 9.17) is 16.3 Å². The maximum atomic E-state index is 12.6. The van der Waals surface area contributed by atoms with Gasteiger partial charge in [0.05, 0.1) is 5.75 Å². The van der Waals surface area contributed by atoms with Gasteiger partial charge in [0, 0.05) is 18.8 Å². The Morgan fingerprint density at radius 1 is 1.42 bits per heavy atom. The van der Waals surface area contributed by atoms with Gasteiger partial charge in [-0.1, -0.05) is 0 Å². The maximum Gasteiger partial charge on any atom is 0.410 e. The van der Waals surface area contributed by atoms with Gasteiger partial charge in [0.25, 0.3) is 0 Å². The first-order valence-electron chi connectivity index (χ1n) is 7.79. The molecule has 0 aromatic carbocycles. The molecule has 1 fully saturated rings. The van der Waals surface area contributed by atoms with E-state index in [0.29, 0.717) is 13.0 Å². The molecule has 0 spiro atoms. The molecule has 1 amide bonds. The zero-order chi connectivity index (χ0) is 18.0. The predicted molar refractivity (Wildman–Crippen MR) is 89.7 cm³/mol. The number of hydrogen-bond donors (Lipinski definition) is 0. The van der Waals surface area contributed by atoms with Gasteiger partial charge in [-0.05, 0) is 57.7 Å². The fourth-order valence-electron chi connectivity index (χ4n) is 2.57. The minimum atomic E-state index is -3.68. The van der Waals surface area contributed by atoms with Gasteiger partial charge < -0.3 is 9.64 Å². The number of carbonyl (C=O) groups excluding carboxylic acids is 1. The van der Waals surface area contributed by atoms with E-state index in [0.717, 1.165) is 12.8 Å². The van der Waals surface area contributed by atoms with Gasteiger partial charge in [-0.15, -0.1) is 0 Å². The number of halogens is 1. The van der Waals surface area contributed by atoms with Gasteiger partial charge in [0.1, 0.15) is 5.60 Å². The van der Waals surface area contributed by atoms with Crippen LogP contribution in [0.5, 0.6) is 0 Å². The van der Waals surface area contributed by atoms with Crippen LogP contribution in [0.25, 0.3) is 0 Å². The second kappa shape index (κ2) is 7.23. The molecule has 9 heteroatoms. The van der Waals surface area contributed by atoms with E-state index < -0.39 is 27.6 Å². The average molecular weight is 376 g/mol. The molecule has 1 unspecified atom stereocenters. The number of piperidine rings is 1. The highest BCUT2D eigenvalue weighted by atomic mass is 35.5. The summed E-state index contributed by atoms with van der Waals surface area (Å²) >= 11 is 5.67. The van der Waals surface area contributed by atoms with Gasteiger partial charge in [-0.25, -0.2) is 23.2 Å². The molecule has 0 aliphatic carbocycles. The van der Waals surface area contributed by atoms with Crippen molar-refractivity contribution in [3.8, 4) is 0 Å². The average Bonchev–Trinajstić information content (AvgIpc) is 2.45. The molecule has 0 saturated carbocycles. The normalized spacial score (nSPS) is 19.2. The fraction of sp³-hybridized carbons (Fsp3) is 0.667. The molecular weight excluding hydrogens is 354 g/mol. The van der Waals surface area contributed by atoms with E-state index in [-0.39, 0.29) is 16.1 Å². The predicted octanol–water partition coefficient (Wildman–Crippen LogP) is 2.69. The smallest absolute Gasteiger partial charge is 0.410 e. The van der Waals surface area contributed by atoms with E-state index in [2.05, 4.69) is 9.97 Å². The van der Waals surface area contributed by atoms with Crippen LogP contribution in [0, 0.1) is 0 Å². The van der Waals surface area contributed by atoms with Crippen molar-refractivity contribution in [1.82, 2.24) is 14.9 Å². The third-order valence-electron chi connectivity index (χ3n) is 3.59. The van der Waals surface area contributed by atoms with Crippen LogP contribution in [-0.4, -0.2) is 53.3 Å². The lowest BCUT2D eigenvalue weighted by atomic mass is 10.0. The Hall–Kier alpha value is -1.41. The summed E-state index contributed by atoms with van der Waals surface area (Å²) in [4.78, 5) is 21.3. The number of hydrogen-bond acceptors (Lipinski definition) is 6. The SMILES string of the molecule is CC(C)(C)OC(=O)N1CCCCC1CS(=O)(=O)c1ccnc(Cl)n1. The third kappa shape index (κ3) is 5.04. The molecule has 1 aromatic rings. The number of nitrogens with zero attached hydrogens (tertiary/aromatic N) is 3. The number of ether oxygens (including phenoxy) is 1. The highest BCUT2D eigenvalue weighted by molar-refractivity contribution is 7.91. The molecule has 1 atom stereocenters. The van der Waals surface area contributed by atoms with Gasteiger partial charge >= 0.3 is 6.09 Å². The summed E-state index contributed by atoms with van der Waals surface area (Å²) in [6.07, 6.45) is 3.12. The molecule has 2 rings (SSSR count). The largest absolute Gasteiger partial charge is 0.444 e. The number of likely N-dealkylation sites (tertiary alicyclic amines) is 1. The Balaban J connectivity index is 2.17. The number of sulfone groups is 1. The maximum absolute atomic E-state index is 12.6. The number of amides is 1. The minimum Gasteiger partial charge on any atom is -0.444 e. The van der Waals surface area contributed by atoms with Gasteiger partial charge in [0.15, 0.2) is 14.9 Å².